The number of benzene rings is 1. The zero-order valence-corrected chi connectivity index (χ0v) is 17.5. The number of rotatable bonds is 7. The van der Waals surface area contributed by atoms with Crippen molar-refractivity contribution in [2.75, 3.05) is 14.2 Å². The van der Waals surface area contributed by atoms with Crippen LogP contribution in [0.3, 0.4) is 0 Å². The number of ether oxygens (including phenoxy) is 1. The maximum Gasteiger partial charge on any atom is 0.407 e. The van der Waals surface area contributed by atoms with Gasteiger partial charge in [0, 0.05) is 18.9 Å². The molecule has 1 aromatic carbocycles. The van der Waals surface area contributed by atoms with Crippen LogP contribution in [0.2, 0.25) is 0 Å². The molecule has 2 amide bonds. The summed E-state index contributed by atoms with van der Waals surface area (Å²) in [5, 5.41) is 15.0. The molecule has 0 heterocycles. The van der Waals surface area contributed by atoms with Crippen molar-refractivity contribution in [3.05, 3.63) is 35.9 Å². The van der Waals surface area contributed by atoms with Crippen LogP contribution in [-0.4, -0.2) is 54.1 Å². The fourth-order valence-electron chi connectivity index (χ4n) is 3.64. The number of nitrogens with zero attached hydrogens (tertiary/aromatic N) is 1. The summed E-state index contributed by atoms with van der Waals surface area (Å²) in [6, 6.07) is 9.12. The Balaban J connectivity index is 2.18. The summed E-state index contributed by atoms with van der Waals surface area (Å²) in [7, 11) is 2.99. The quantitative estimate of drug-likeness (QED) is 0.697. The monoisotopic (exact) mass is 392 g/mol. The zero-order valence-electron chi connectivity index (χ0n) is 17.5. The minimum Gasteiger partial charge on any atom is -0.444 e. The number of aliphatic hydroxyl groups is 1. The number of alkyl carbamates (subject to hydrolysis) is 1. The lowest BCUT2D eigenvalue weighted by Crippen LogP contribution is -2.46. The van der Waals surface area contributed by atoms with Crippen LogP contribution in [0.5, 0.6) is 0 Å². The van der Waals surface area contributed by atoms with Crippen molar-refractivity contribution in [1.29, 1.82) is 0 Å². The zero-order chi connectivity index (χ0) is 21.1. The van der Waals surface area contributed by atoms with Gasteiger partial charge in [0.2, 0.25) is 5.91 Å². The van der Waals surface area contributed by atoms with E-state index in [0.29, 0.717) is 6.42 Å². The maximum atomic E-state index is 12.7. The van der Waals surface area contributed by atoms with E-state index in [1.807, 2.05) is 37.3 Å². The Bertz CT molecular complexity index is 673. The van der Waals surface area contributed by atoms with Gasteiger partial charge in [-0.25, -0.2) is 9.86 Å². The summed E-state index contributed by atoms with van der Waals surface area (Å²) >= 11 is 0. The summed E-state index contributed by atoms with van der Waals surface area (Å²) in [4.78, 5) is 29.9. The summed E-state index contributed by atoms with van der Waals surface area (Å²) in [6.07, 6.45) is -0.950. The lowest BCUT2D eigenvalue weighted by Gasteiger charge is -2.26. The summed E-state index contributed by atoms with van der Waals surface area (Å²) < 4.78 is 5.31. The number of carbonyl (C=O) groups is 2. The SMILES string of the molecule is CC[C@H](NC(=O)OC(C)(C)C)[C@H](O)[C@H]1[C@@H](C(=O)N(C)OC)[C@H]1c1ccccc1. The molecule has 2 N–H and O–H groups in total. The van der Waals surface area contributed by atoms with Crippen LogP contribution in [-0.2, 0) is 14.4 Å². The molecule has 2 rings (SSSR count). The van der Waals surface area contributed by atoms with Crippen molar-refractivity contribution in [2.24, 2.45) is 11.8 Å². The average molecular weight is 392 g/mol. The van der Waals surface area contributed by atoms with Crippen molar-refractivity contribution in [3.8, 4) is 0 Å². The Labute approximate surface area is 167 Å². The van der Waals surface area contributed by atoms with E-state index in [4.69, 9.17) is 9.57 Å². The molecule has 28 heavy (non-hydrogen) atoms. The van der Waals surface area contributed by atoms with Gasteiger partial charge in [0.25, 0.3) is 0 Å². The van der Waals surface area contributed by atoms with Crippen LogP contribution in [0.4, 0.5) is 4.79 Å². The Kier molecular flexibility index (Phi) is 7.06. The minimum absolute atomic E-state index is 0.129. The van der Waals surface area contributed by atoms with Gasteiger partial charge in [-0.2, -0.15) is 0 Å². The van der Waals surface area contributed by atoms with Gasteiger partial charge in [0.05, 0.1) is 25.2 Å². The first-order valence-corrected chi connectivity index (χ1v) is 9.65. The Morgan fingerprint density at radius 3 is 2.36 bits per heavy atom. The molecule has 1 aliphatic carbocycles. The highest BCUT2D eigenvalue weighted by Crippen LogP contribution is 2.57. The van der Waals surface area contributed by atoms with Gasteiger partial charge in [-0.1, -0.05) is 37.3 Å². The van der Waals surface area contributed by atoms with E-state index in [1.165, 1.54) is 12.2 Å². The molecule has 1 fully saturated rings. The topological polar surface area (TPSA) is 88.1 Å². The predicted octanol–water partition coefficient (Wildman–Crippen LogP) is 2.70. The molecule has 1 aromatic rings. The molecular formula is C21H32N2O5. The first-order chi connectivity index (χ1) is 13.1. The summed E-state index contributed by atoms with van der Waals surface area (Å²) in [5.41, 5.74) is 0.362. The molecular weight excluding hydrogens is 360 g/mol. The van der Waals surface area contributed by atoms with Crippen LogP contribution >= 0.6 is 0 Å². The Morgan fingerprint density at radius 2 is 1.86 bits per heavy atom. The Morgan fingerprint density at radius 1 is 1.25 bits per heavy atom. The number of nitrogens with one attached hydrogen (secondary N) is 1. The number of hydrogen-bond acceptors (Lipinski definition) is 5. The average Bonchev–Trinajstić information content (AvgIpc) is 3.39. The third-order valence-corrected chi connectivity index (χ3v) is 5.08. The molecule has 0 bridgehead atoms. The smallest absolute Gasteiger partial charge is 0.407 e. The Hall–Kier alpha value is -2.12. The molecule has 0 saturated heterocycles. The van der Waals surface area contributed by atoms with E-state index >= 15 is 0 Å². The third-order valence-electron chi connectivity index (χ3n) is 5.08. The molecule has 5 atom stereocenters. The van der Waals surface area contributed by atoms with Crippen molar-refractivity contribution in [3.63, 3.8) is 0 Å². The van der Waals surface area contributed by atoms with Crippen LogP contribution in [0, 0.1) is 11.8 Å². The molecule has 7 heteroatoms. The number of hydrogen-bond donors (Lipinski definition) is 2. The van der Waals surface area contributed by atoms with Crippen LogP contribution < -0.4 is 5.32 Å². The van der Waals surface area contributed by atoms with Gasteiger partial charge in [0.1, 0.15) is 5.60 Å². The van der Waals surface area contributed by atoms with Crippen LogP contribution in [0.15, 0.2) is 30.3 Å². The van der Waals surface area contributed by atoms with Crippen molar-refractivity contribution in [1.82, 2.24) is 10.4 Å². The van der Waals surface area contributed by atoms with Crippen LogP contribution in [0.1, 0.15) is 45.6 Å². The number of carbonyl (C=O) groups excluding carboxylic acids is 2. The summed E-state index contributed by atoms with van der Waals surface area (Å²) in [6.45, 7) is 7.23. The van der Waals surface area contributed by atoms with Gasteiger partial charge in [-0.3, -0.25) is 9.63 Å². The highest BCUT2D eigenvalue weighted by atomic mass is 16.7. The molecule has 0 radical (unpaired) electrons. The van der Waals surface area contributed by atoms with Gasteiger partial charge >= 0.3 is 6.09 Å². The van der Waals surface area contributed by atoms with Gasteiger partial charge in [0.15, 0.2) is 0 Å². The molecule has 0 unspecified atom stereocenters. The molecule has 1 aliphatic rings. The highest BCUT2D eigenvalue weighted by molar-refractivity contribution is 5.83. The largest absolute Gasteiger partial charge is 0.444 e. The van der Waals surface area contributed by atoms with Gasteiger partial charge in [-0.05, 0) is 32.8 Å². The fourth-order valence-corrected chi connectivity index (χ4v) is 3.64. The molecule has 0 aromatic heterocycles. The molecule has 0 spiro atoms. The predicted molar refractivity (Wildman–Crippen MR) is 105 cm³/mol. The second-order valence-electron chi connectivity index (χ2n) is 8.21. The number of amides is 2. The second kappa shape index (κ2) is 8.92. The van der Waals surface area contributed by atoms with E-state index in [1.54, 1.807) is 27.8 Å². The second-order valence-corrected chi connectivity index (χ2v) is 8.21. The minimum atomic E-state index is -0.887. The highest BCUT2D eigenvalue weighted by Gasteiger charge is 2.60. The standard InChI is InChI=1S/C21H32N2O5/c1-7-14(22-20(26)28-21(2,3)4)18(24)16-15(13-11-9-8-10-12-13)17(16)19(25)23(5)27-6/h8-12,14-18,24H,7H2,1-6H3,(H,22,26)/t14-,15-,16+,17-,18-/m0/s1. The maximum absolute atomic E-state index is 12.7. The molecule has 1 saturated carbocycles. The van der Waals surface area contributed by atoms with Crippen molar-refractivity contribution >= 4 is 12.0 Å². The van der Waals surface area contributed by atoms with Crippen molar-refractivity contribution < 1.29 is 24.3 Å². The van der Waals surface area contributed by atoms with E-state index < -0.39 is 29.8 Å². The van der Waals surface area contributed by atoms with Gasteiger partial charge < -0.3 is 15.2 Å². The van der Waals surface area contributed by atoms with E-state index in [9.17, 15) is 14.7 Å². The number of hydroxylamine groups is 2. The van der Waals surface area contributed by atoms with Gasteiger partial charge in [-0.15, -0.1) is 0 Å². The molecule has 0 aliphatic heterocycles. The lowest BCUT2D eigenvalue weighted by atomic mass is 10.00. The summed E-state index contributed by atoms with van der Waals surface area (Å²) in [5.74, 6) is -1.03. The van der Waals surface area contributed by atoms with E-state index in [-0.39, 0.29) is 17.7 Å². The van der Waals surface area contributed by atoms with E-state index in [0.717, 1.165) is 5.56 Å². The normalized spacial score (nSPS) is 23.5. The van der Waals surface area contributed by atoms with E-state index in [2.05, 4.69) is 5.32 Å². The van der Waals surface area contributed by atoms with Crippen molar-refractivity contribution in [2.45, 2.75) is 57.8 Å². The molecule has 156 valence electrons. The number of aliphatic hydroxyl groups excluding tert-OH is 1. The fraction of sp³-hybridized carbons (Fsp3) is 0.619. The van der Waals surface area contributed by atoms with Crippen LogP contribution in [0.25, 0.3) is 0 Å². The lowest BCUT2D eigenvalue weighted by molar-refractivity contribution is -0.171. The first kappa shape index (κ1) is 22.2. The molecule has 7 nitrogen and oxygen atoms in total. The first-order valence-electron chi connectivity index (χ1n) is 9.65. The third kappa shape index (κ3) is 5.23.